The molecule has 0 saturated heterocycles. The Bertz CT molecular complexity index is 1170. The summed E-state index contributed by atoms with van der Waals surface area (Å²) >= 11 is 6.46. The summed E-state index contributed by atoms with van der Waals surface area (Å²) in [6, 6.07) is 10.4. The third-order valence-corrected chi connectivity index (χ3v) is 8.76. The molecular weight excluding hydrogens is 504 g/mol. The van der Waals surface area contributed by atoms with Crippen LogP contribution in [0.4, 0.5) is 5.69 Å². The standard InChI is InChI=1S/C26H33ClN2O6S/c1-33-19-26(30)29-13-9-5-3-2-4-8-12-28(18-20-10-6-7-11-22(20)29)36(31,32)25-17-24-23(16-21(25)27)34-14-15-35-24/h6-7,10-11,16-17H,2-5,8-9,12-15,18-19H2,1H3. The van der Waals surface area contributed by atoms with E-state index >= 15 is 0 Å². The number of fused-ring (bicyclic) bond motifs is 2. The van der Waals surface area contributed by atoms with Crippen molar-refractivity contribution in [1.29, 1.82) is 0 Å². The lowest BCUT2D eigenvalue weighted by atomic mass is 10.1. The molecule has 0 bridgehead atoms. The zero-order valence-corrected chi connectivity index (χ0v) is 22.2. The van der Waals surface area contributed by atoms with Crippen molar-refractivity contribution in [1.82, 2.24) is 4.31 Å². The number of hydrogen-bond donors (Lipinski definition) is 0. The average molecular weight is 537 g/mol. The lowest BCUT2D eigenvalue weighted by Gasteiger charge is -2.28. The van der Waals surface area contributed by atoms with Gasteiger partial charge in [-0.2, -0.15) is 4.31 Å². The van der Waals surface area contributed by atoms with E-state index in [1.165, 1.54) is 23.5 Å². The van der Waals surface area contributed by atoms with Gasteiger partial charge in [0.1, 0.15) is 24.7 Å². The van der Waals surface area contributed by atoms with Crippen LogP contribution in [0.5, 0.6) is 11.5 Å². The molecular formula is C26H33ClN2O6S. The number of sulfonamides is 1. The van der Waals surface area contributed by atoms with Crippen LogP contribution < -0.4 is 14.4 Å². The molecule has 0 radical (unpaired) electrons. The fourth-order valence-electron chi connectivity index (χ4n) is 4.61. The molecule has 2 aliphatic heterocycles. The van der Waals surface area contributed by atoms with E-state index in [-0.39, 0.29) is 29.0 Å². The minimum Gasteiger partial charge on any atom is -0.486 e. The molecule has 2 heterocycles. The predicted molar refractivity (Wildman–Crippen MR) is 138 cm³/mol. The van der Waals surface area contributed by atoms with E-state index < -0.39 is 10.0 Å². The van der Waals surface area contributed by atoms with Crippen LogP contribution in [-0.4, -0.2) is 58.7 Å². The van der Waals surface area contributed by atoms with Gasteiger partial charge >= 0.3 is 0 Å². The summed E-state index contributed by atoms with van der Waals surface area (Å²) < 4.78 is 45.7. The maximum Gasteiger partial charge on any atom is 0.252 e. The lowest BCUT2D eigenvalue weighted by molar-refractivity contribution is -0.122. The summed E-state index contributed by atoms with van der Waals surface area (Å²) in [7, 11) is -2.48. The van der Waals surface area contributed by atoms with Gasteiger partial charge < -0.3 is 19.1 Å². The summed E-state index contributed by atoms with van der Waals surface area (Å²) in [5.74, 6) is 0.656. The van der Waals surface area contributed by atoms with Gasteiger partial charge in [-0.1, -0.05) is 55.5 Å². The molecule has 0 unspecified atom stereocenters. The normalized spacial score (nSPS) is 17.9. The Morgan fingerprint density at radius 2 is 1.61 bits per heavy atom. The number of para-hydroxylation sites is 1. The second-order valence-corrected chi connectivity index (χ2v) is 11.3. The largest absolute Gasteiger partial charge is 0.486 e. The minimum atomic E-state index is -3.98. The van der Waals surface area contributed by atoms with Crippen molar-refractivity contribution in [3.05, 3.63) is 47.0 Å². The van der Waals surface area contributed by atoms with Crippen molar-refractivity contribution in [3.63, 3.8) is 0 Å². The van der Waals surface area contributed by atoms with Gasteiger partial charge in [0.05, 0.1) is 5.02 Å². The van der Waals surface area contributed by atoms with Gasteiger partial charge in [0, 0.05) is 44.6 Å². The van der Waals surface area contributed by atoms with Gasteiger partial charge in [-0.25, -0.2) is 8.42 Å². The van der Waals surface area contributed by atoms with Crippen molar-refractivity contribution in [3.8, 4) is 11.5 Å². The smallest absolute Gasteiger partial charge is 0.252 e. The minimum absolute atomic E-state index is 0.0115. The Kier molecular flexibility index (Phi) is 9.11. The molecule has 0 N–H and O–H groups in total. The average Bonchev–Trinajstić information content (AvgIpc) is 2.88. The molecule has 2 aromatic rings. The number of halogens is 1. The highest BCUT2D eigenvalue weighted by molar-refractivity contribution is 7.89. The SMILES string of the molecule is COCC(=O)N1CCCCCCCCN(S(=O)(=O)c2cc3c(cc2Cl)OCCO3)Cc2ccccc21. The van der Waals surface area contributed by atoms with Crippen LogP contribution in [0.25, 0.3) is 0 Å². The molecule has 2 aliphatic rings. The topological polar surface area (TPSA) is 85.4 Å². The first kappa shape index (κ1) is 26.7. The highest BCUT2D eigenvalue weighted by Crippen LogP contribution is 2.39. The van der Waals surface area contributed by atoms with Gasteiger partial charge in [-0.05, 0) is 24.5 Å². The monoisotopic (exact) mass is 536 g/mol. The van der Waals surface area contributed by atoms with Gasteiger partial charge in [0.2, 0.25) is 10.0 Å². The fraction of sp³-hybridized carbons (Fsp3) is 0.500. The van der Waals surface area contributed by atoms with Crippen LogP contribution >= 0.6 is 11.6 Å². The van der Waals surface area contributed by atoms with E-state index in [2.05, 4.69) is 0 Å². The first-order valence-electron chi connectivity index (χ1n) is 12.4. The molecule has 8 nitrogen and oxygen atoms in total. The first-order chi connectivity index (χ1) is 17.4. The Hall–Kier alpha value is -2.33. The molecule has 0 atom stereocenters. The second-order valence-electron chi connectivity index (χ2n) is 8.99. The number of amides is 1. The highest BCUT2D eigenvalue weighted by Gasteiger charge is 2.31. The first-order valence-corrected chi connectivity index (χ1v) is 14.2. The zero-order chi connectivity index (χ0) is 25.5. The number of anilines is 1. The van der Waals surface area contributed by atoms with Crippen molar-refractivity contribution < 1.29 is 27.4 Å². The number of nitrogens with zero attached hydrogens (tertiary/aromatic N) is 2. The number of ether oxygens (including phenoxy) is 3. The number of carbonyl (C=O) groups is 1. The number of hydrogen-bond acceptors (Lipinski definition) is 6. The summed E-state index contributed by atoms with van der Waals surface area (Å²) in [5.41, 5.74) is 1.45. The molecule has 0 aliphatic carbocycles. The van der Waals surface area contributed by atoms with Crippen molar-refractivity contribution in [2.24, 2.45) is 0 Å². The van der Waals surface area contributed by atoms with Crippen LogP contribution in [0.2, 0.25) is 5.02 Å². The Morgan fingerprint density at radius 3 is 2.33 bits per heavy atom. The van der Waals surface area contributed by atoms with Crippen molar-refractivity contribution in [2.45, 2.75) is 50.0 Å². The van der Waals surface area contributed by atoms with Crippen LogP contribution in [0, 0.1) is 0 Å². The van der Waals surface area contributed by atoms with Crippen LogP contribution in [-0.2, 0) is 26.1 Å². The number of benzene rings is 2. The lowest BCUT2D eigenvalue weighted by Crippen LogP contribution is -2.37. The van der Waals surface area contributed by atoms with Crippen molar-refractivity contribution >= 4 is 33.2 Å². The summed E-state index contributed by atoms with van der Waals surface area (Å²) in [4.78, 5) is 14.7. The zero-order valence-electron chi connectivity index (χ0n) is 20.6. The van der Waals surface area contributed by atoms with E-state index in [4.69, 9.17) is 25.8 Å². The molecule has 4 rings (SSSR count). The maximum absolute atomic E-state index is 14.0. The number of methoxy groups -OCH3 is 1. The van der Waals surface area contributed by atoms with Gasteiger partial charge in [-0.15, -0.1) is 0 Å². The van der Waals surface area contributed by atoms with Gasteiger partial charge in [0.15, 0.2) is 11.5 Å². The highest BCUT2D eigenvalue weighted by atomic mass is 35.5. The number of carbonyl (C=O) groups excluding carboxylic acids is 1. The second kappa shape index (κ2) is 12.3. The molecule has 0 fully saturated rings. The number of rotatable bonds is 4. The van der Waals surface area contributed by atoms with Crippen LogP contribution in [0.15, 0.2) is 41.3 Å². The Labute approximate surface area is 218 Å². The molecule has 10 heteroatoms. The molecule has 2 aromatic carbocycles. The molecule has 196 valence electrons. The quantitative estimate of drug-likeness (QED) is 0.566. The van der Waals surface area contributed by atoms with Gasteiger partial charge in [-0.3, -0.25) is 4.79 Å². The van der Waals surface area contributed by atoms with E-state index in [0.29, 0.717) is 43.5 Å². The summed E-state index contributed by atoms with van der Waals surface area (Å²) in [5, 5.41) is 0.0901. The molecule has 0 spiro atoms. The molecule has 0 aromatic heterocycles. The van der Waals surface area contributed by atoms with Crippen LogP contribution in [0.3, 0.4) is 0 Å². The summed E-state index contributed by atoms with van der Waals surface area (Å²) in [6.07, 6.45) is 5.59. The van der Waals surface area contributed by atoms with E-state index in [1.54, 1.807) is 4.90 Å². The van der Waals surface area contributed by atoms with E-state index in [1.807, 2.05) is 24.3 Å². The maximum atomic E-state index is 14.0. The predicted octanol–water partition coefficient (Wildman–Crippen LogP) is 4.64. The molecule has 36 heavy (non-hydrogen) atoms. The van der Waals surface area contributed by atoms with Gasteiger partial charge in [0.25, 0.3) is 5.91 Å². The third-order valence-electron chi connectivity index (χ3n) is 6.45. The molecule has 0 saturated carbocycles. The van der Waals surface area contributed by atoms with Crippen molar-refractivity contribution in [2.75, 3.05) is 44.9 Å². The summed E-state index contributed by atoms with van der Waals surface area (Å²) in [6.45, 7) is 1.70. The van der Waals surface area contributed by atoms with E-state index in [9.17, 15) is 13.2 Å². The fourth-order valence-corrected chi connectivity index (χ4v) is 6.57. The third kappa shape index (κ3) is 6.14. The Morgan fingerprint density at radius 1 is 0.972 bits per heavy atom. The molecule has 1 amide bonds. The van der Waals surface area contributed by atoms with Crippen LogP contribution in [0.1, 0.15) is 44.1 Å². The Balaban J connectivity index is 1.73. The van der Waals surface area contributed by atoms with E-state index in [0.717, 1.165) is 44.1 Å².